The lowest BCUT2D eigenvalue weighted by Crippen LogP contribution is -2.23. The Balaban J connectivity index is 1.82. The van der Waals surface area contributed by atoms with Crippen LogP contribution in [0.4, 0.5) is 0 Å². The van der Waals surface area contributed by atoms with Crippen LogP contribution in [0.2, 0.25) is 0 Å². The molecule has 2 unspecified atom stereocenters. The molecular formula is C19H30O. The molecule has 0 saturated heterocycles. The standard InChI is InChI=1S/C19H30O/c1-14(2)16-9-11-17(12-10-16)15(3)13-19(20)18-7-5-4-6-8-18/h4-8,14-17,19-20H,9-13H2,1-3H3. The topological polar surface area (TPSA) is 20.2 Å². The number of aliphatic hydroxyl groups excluding tert-OH is 1. The maximum Gasteiger partial charge on any atom is 0.0792 e. The largest absolute Gasteiger partial charge is 0.388 e. The van der Waals surface area contributed by atoms with E-state index in [4.69, 9.17) is 0 Å². The first kappa shape index (κ1) is 15.6. The third-order valence-electron chi connectivity index (χ3n) is 5.34. The van der Waals surface area contributed by atoms with E-state index in [1.165, 1.54) is 25.7 Å². The third kappa shape index (κ3) is 4.09. The second kappa shape index (κ2) is 7.26. The molecule has 112 valence electrons. The first-order valence-electron chi connectivity index (χ1n) is 8.31. The molecule has 1 fully saturated rings. The fourth-order valence-corrected chi connectivity index (χ4v) is 3.74. The fraction of sp³-hybridized carbons (Fsp3) is 0.684. The van der Waals surface area contributed by atoms with E-state index in [9.17, 15) is 5.11 Å². The minimum Gasteiger partial charge on any atom is -0.388 e. The Kier molecular flexibility index (Phi) is 5.65. The average molecular weight is 274 g/mol. The van der Waals surface area contributed by atoms with Crippen molar-refractivity contribution in [2.75, 3.05) is 0 Å². The zero-order chi connectivity index (χ0) is 14.5. The second-order valence-electron chi connectivity index (χ2n) is 7.06. The second-order valence-corrected chi connectivity index (χ2v) is 7.06. The molecule has 0 radical (unpaired) electrons. The van der Waals surface area contributed by atoms with Crippen LogP contribution in [0.3, 0.4) is 0 Å². The predicted molar refractivity (Wildman–Crippen MR) is 85.5 cm³/mol. The number of rotatable bonds is 5. The fourth-order valence-electron chi connectivity index (χ4n) is 3.74. The molecule has 20 heavy (non-hydrogen) atoms. The van der Waals surface area contributed by atoms with Gasteiger partial charge in [0.2, 0.25) is 0 Å². The molecule has 1 heteroatoms. The predicted octanol–water partition coefficient (Wildman–Crippen LogP) is 5.21. The monoisotopic (exact) mass is 274 g/mol. The molecule has 1 nitrogen and oxygen atoms in total. The molecule has 0 aromatic heterocycles. The van der Waals surface area contributed by atoms with Gasteiger partial charge < -0.3 is 5.11 Å². The van der Waals surface area contributed by atoms with Crippen LogP contribution in [0, 0.1) is 23.7 Å². The van der Waals surface area contributed by atoms with Gasteiger partial charge in [-0.25, -0.2) is 0 Å². The van der Waals surface area contributed by atoms with Gasteiger partial charge in [-0.3, -0.25) is 0 Å². The van der Waals surface area contributed by atoms with E-state index >= 15 is 0 Å². The Morgan fingerprint density at radius 2 is 1.50 bits per heavy atom. The summed E-state index contributed by atoms with van der Waals surface area (Å²) in [6, 6.07) is 10.1. The highest BCUT2D eigenvalue weighted by Gasteiger charge is 2.27. The van der Waals surface area contributed by atoms with E-state index in [0.29, 0.717) is 5.92 Å². The lowest BCUT2D eigenvalue weighted by atomic mass is 9.72. The number of hydrogen-bond donors (Lipinski definition) is 1. The molecule has 1 aliphatic rings. The Morgan fingerprint density at radius 3 is 2.05 bits per heavy atom. The van der Waals surface area contributed by atoms with E-state index in [1.807, 2.05) is 30.3 Å². The summed E-state index contributed by atoms with van der Waals surface area (Å²) in [6.45, 7) is 7.04. The number of benzene rings is 1. The molecule has 1 aromatic carbocycles. The summed E-state index contributed by atoms with van der Waals surface area (Å²) in [6.07, 6.45) is 6.08. The molecule has 2 atom stereocenters. The van der Waals surface area contributed by atoms with Crippen LogP contribution in [0.1, 0.15) is 64.5 Å². The Hall–Kier alpha value is -0.820. The average Bonchev–Trinajstić information content (AvgIpc) is 2.48. The van der Waals surface area contributed by atoms with Crippen LogP contribution >= 0.6 is 0 Å². The van der Waals surface area contributed by atoms with Gasteiger partial charge in [-0.1, -0.05) is 51.1 Å². The summed E-state index contributed by atoms with van der Waals surface area (Å²) in [7, 11) is 0. The highest BCUT2D eigenvalue weighted by molar-refractivity contribution is 5.17. The van der Waals surface area contributed by atoms with Crippen molar-refractivity contribution < 1.29 is 5.11 Å². The Labute approximate surface area is 124 Å². The van der Waals surface area contributed by atoms with Gasteiger partial charge in [0.15, 0.2) is 0 Å². The highest BCUT2D eigenvalue weighted by Crippen LogP contribution is 2.39. The molecule has 0 bridgehead atoms. The molecule has 0 heterocycles. The van der Waals surface area contributed by atoms with E-state index in [0.717, 1.165) is 29.7 Å². The molecular weight excluding hydrogens is 244 g/mol. The zero-order valence-electron chi connectivity index (χ0n) is 13.3. The van der Waals surface area contributed by atoms with Crippen LogP contribution in [0.5, 0.6) is 0 Å². The van der Waals surface area contributed by atoms with Crippen molar-refractivity contribution in [1.82, 2.24) is 0 Å². The maximum absolute atomic E-state index is 10.4. The Bertz CT molecular complexity index is 376. The van der Waals surface area contributed by atoms with Gasteiger partial charge in [0.25, 0.3) is 0 Å². The molecule has 1 N–H and O–H groups in total. The van der Waals surface area contributed by atoms with Gasteiger partial charge in [0.1, 0.15) is 0 Å². The Morgan fingerprint density at radius 1 is 0.950 bits per heavy atom. The summed E-state index contributed by atoms with van der Waals surface area (Å²) in [5, 5.41) is 10.4. The lowest BCUT2D eigenvalue weighted by Gasteiger charge is -2.34. The van der Waals surface area contributed by atoms with Crippen molar-refractivity contribution in [2.45, 2.75) is 59.0 Å². The van der Waals surface area contributed by atoms with E-state index in [-0.39, 0.29) is 6.10 Å². The van der Waals surface area contributed by atoms with Crippen molar-refractivity contribution in [3.8, 4) is 0 Å². The van der Waals surface area contributed by atoms with Gasteiger partial charge >= 0.3 is 0 Å². The van der Waals surface area contributed by atoms with Gasteiger partial charge in [-0.2, -0.15) is 0 Å². The highest BCUT2D eigenvalue weighted by atomic mass is 16.3. The van der Waals surface area contributed by atoms with Crippen LogP contribution in [-0.4, -0.2) is 5.11 Å². The van der Waals surface area contributed by atoms with E-state index in [2.05, 4.69) is 20.8 Å². The number of hydrogen-bond acceptors (Lipinski definition) is 1. The maximum atomic E-state index is 10.4. The van der Waals surface area contributed by atoms with Gasteiger partial charge in [0, 0.05) is 0 Å². The van der Waals surface area contributed by atoms with Crippen LogP contribution in [0.25, 0.3) is 0 Å². The van der Waals surface area contributed by atoms with Gasteiger partial charge in [-0.15, -0.1) is 0 Å². The van der Waals surface area contributed by atoms with E-state index < -0.39 is 0 Å². The summed E-state index contributed by atoms with van der Waals surface area (Å²) >= 11 is 0. The minimum absolute atomic E-state index is 0.297. The van der Waals surface area contributed by atoms with Crippen molar-refractivity contribution in [2.24, 2.45) is 23.7 Å². The third-order valence-corrected chi connectivity index (χ3v) is 5.34. The quantitative estimate of drug-likeness (QED) is 0.781. The first-order valence-corrected chi connectivity index (χ1v) is 8.31. The minimum atomic E-state index is -0.297. The van der Waals surface area contributed by atoms with Crippen LogP contribution in [-0.2, 0) is 0 Å². The van der Waals surface area contributed by atoms with E-state index in [1.54, 1.807) is 0 Å². The first-order chi connectivity index (χ1) is 9.58. The molecule has 0 amide bonds. The zero-order valence-corrected chi connectivity index (χ0v) is 13.3. The summed E-state index contributed by atoms with van der Waals surface area (Å²) in [5.41, 5.74) is 1.07. The molecule has 1 aromatic rings. The lowest BCUT2D eigenvalue weighted by molar-refractivity contribution is 0.107. The van der Waals surface area contributed by atoms with Crippen LogP contribution < -0.4 is 0 Å². The molecule has 0 spiro atoms. The van der Waals surface area contributed by atoms with Crippen molar-refractivity contribution in [3.63, 3.8) is 0 Å². The number of aliphatic hydroxyl groups is 1. The SMILES string of the molecule is CC(C)C1CCC(C(C)CC(O)c2ccccc2)CC1. The molecule has 0 aliphatic heterocycles. The van der Waals surface area contributed by atoms with Crippen molar-refractivity contribution in [1.29, 1.82) is 0 Å². The van der Waals surface area contributed by atoms with Gasteiger partial charge in [0.05, 0.1) is 6.10 Å². The smallest absolute Gasteiger partial charge is 0.0792 e. The molecule has 1 aliphatic carbocycles. The van der Waals surface area contributed by atoms with Crippen molar-refractivity contribution in [3.05, 3.63) is 35.9 Å². The van der Waals surface area contributed by atoms with Crippen molar-refractivity contribution >= 4 is 0 Å². The summed E-state index contributed by atoms with van der Waals surface area (Å²) < 4.78 is 0. The summed E-state index contributed by atoms with van der Waals surface area (Å²) in [5.74, 6) is 3.19. The summed E-state index contributed by atoms with van der Waals surface area (Å²) in [4.78, 5) is 0. The van der Waals surface area contributed by atoms with Crippen LogP contribution in [0.15, 0.2) is 30.3 Å². The molecule has 1 saturated carbocycles. The normalized spacial score (nSPS) is 26.4. The van der Waals surface area contributed by atoms with Gasteiger partial charge in [-0.05, 0) is 61.3 Å². The molecule has 2 rings (SSSR count).